The van der Waals surface area contributed by atoms with Gasteiger partial charge in [0.25, 0.3) is 0 Å². The maximum absolute atomic E-state index is 12.9. The van der Waals surface area contributed by atoms with Crippen LogP contribution in [0.5, 0.6) is 11.5 Å². The predicted molar refractivity (Wildman–Crippen MR) is 114 cm³/mol. The molecule has 0 unspecified atom stereocenters. The van der Waals surface area contributed by atoms with E-state index in [1.54, 1.807) is 31.4 Å². The van der Waals surface area contributed by atoms with Gasteiger partial charge in [0, 0.05) is 0 Å². The van der Waals surface area contributed by atoms with E-state index in [0.717, 1.165) is 11.1 Å². The van der Waals surface area contributed by atoms with Crippen LogP contribution in [0.15, 0.2) is 71.8 Å². The summed E-state index contributed by atoms with van der Waals surface area (Å²) in [6, 6.07) is 19.3. The Labute approximate surface area is 175 Å². The molecule has 5 nitrogen and oxygen atoms in total. The van der Waals surface area contributed by atoms with Gasteiger partial charge in [0.15, 0.2) is 11.5 Å². The number of benzene rings is 3. The van der Waals surface area contributed by atoms with Crippen molar-refractivity contribution in [3.63, 3.8) is 0 Å². The Kier molecular flexibility index (Phi) is 7.16. The number of carbonyl (C=O) groups excluding carboxylic acids is 1. The molecule has 30 heavy (non-hydrogen) atoms. The molecule has 1 N–H and O–H groups in total. The lowest BCUT2D eigenvalue weighted by molar-refractivity contribution is -0.120. The number of nitrogens with one attached hydrogen (secondary N) is 1. The van der Waals surface area contributed by atoms with Crippen LogP contribution in [0.2, 0.25) is 0 Å². The average molecular weight is 406 g/mol. The van der Waals surface area contributed by atoms with Crippen molar-refractivity contribution in [3.8, 4) is 11.5 Å². The van der Waals surface area contributed by atoms with E-state index in [1.165, 1.54) is 23.9 Å². The maximum Gasteiger partial charge on any atom is 0.244 e. The van der Waals surface area contributed by atoms with E-state index in [1.807, 2.05) is 37.3 Å². The standard InChI is InChI=1S/C24H23FN2O3/c1-17-3-5-19(6-4-17)16-30-22-12-9-20(13-23(22)29-2)15-26-27-24(28)14-18-7-10-21(25)11-8-18/h3-13,15H,14,16H2,1-2H3,(H,27,28)/b26-15+. The van der Waals surface area contributed by atoms with Crippen molar-refractivity contribution in [1.29, 1.82) is 0 Å². The minimum Gasteiger partial charge on any atom is -0.493 e. The summed E-state index contributed by atoms with van der Waals surface area (Å²) in [5.41, 5.74) is 6.18. The van der Waals surface area contributed by atoms with E-state index in [2.05, 4.69) is 10.5 Å². The zero-order valence-corrected chi connectivity index (χ0v) is 16.9. The molecule has 0 aliphatic carbocycles. The van der Waals surface area contributed by atoms with Crippen molar-refractivity contribution < 1.29 is 18.7 Å². The summed E-state index contributed by atoms with van der Waals surface area (Å²) in [6.07, 6.45) is 1.64. The molecule has 0 aliphatic rings. The molecule has 0 saturated heterocycles. The van der Waals surface area contributed by atoms with Gasteiger partial charge in [-0.1, -0.05) is 42.0 Å². The molecule has 0 radical (unpaired) electrons. The summed E-state index contributed by atoms with van der Waals surface area (Å²) in [7, 11) is 1.57. The number of rotatable bonds is 8. The molecular weight excluding hydrogens is 383 g/mol. The van der Waals surface area contributed by atoms with E-state index in [9.17, 15) is 9.18 Å². The lowest BCUT2D eigenvalue weighted by atomic mass is 10.1. The van der Waals surface area contributed by atoms with Crippen molar-refractivity contribution in [1.82, 2.24) is 5.43 Å². The second-order valence-electron chi connectivity index (χ2n) is 6.78. The van der Waals surface area contributed by atoms with Crippen LogP contribution in [-0.2, 0) is 17.8 Å². The number of carbonyl (C=O) groups is 1. The molecule has 0 saturated carbocycles. The zero-order valence-electron chi connectivity index (χ0n) is 16.9. The Hall–Kier alpha value is -3.67. The van der Waals surface area contributed by atoms with Gasteiger partial charge in [-0.25, -0.2) is 9.82 Å². The van der Waals surface area contributed by atoms with Crippen LogP contribution >= 0.6 is 0 Å². The van der Waals surface area contributed by atoms with Crippen molar-refractivity contribution in [2.45, 2.75) is 20.0 Å². The van der Waals surface area contributed by atoms with Crippen molar-refractivity contribution in [3.05, 3.63) is 94.8 Å². The lowest BCUT2D eigenvalue weighted by Crippen LogP contribution is -2.19. The van der Waals surface area contributed by atoms with Crippen LogP contribution < -0.4 is 14.9 Å². The fourth-order valence-corrected chi connectivity index (χ4v) is 2.74. The van der Waals surface area contributed by atoms with E-state index in [-0.39, 0.29) is 18.1 Å². The first-order chi connectivity index (χ1) is 14.5. The Morgan fingerprint density at radius 1 is 1.00 bits per heavy atom. The number of halogens is 1. The minimum absolute atomic E-state index is 0.118. The molecule has 0 heterocycles. The molecule has 3 aromatic carbocycles. The van der Waals surface area contributed by atoms with Gasteiger partial charge in [0.1, 0.15) is 12.4 Å². The second-order valence-corrected chi connectivity index (χ2v) is 6.78. The first-order valence-electron chi connectivity index (χ1n) is 9.46. The van der Waals surface area contributed by atoms with Crippen LogP contribution in [0.4, 0.5) is 4.39 Å². The highest BCUT2D eigenvalue weighted by molar-refractivity contribution is 5.84. The average Bonchev–Trinajstić information content (AvgIpc) is 2.75. The van der Waals surface area contributed by atoms with E-state index in [4.69, 9.17) is 9.47 Å². The van der Waals surface area contributed by atoms with E-state index in [0.29, 0.717) is 23.7 Å². The molecule has 0 spiro atoms. The first kappa shape index (κ1) is 21.0. The Morgan fingerprint density at radius 2 is 1.70 bits per heavy atom. The zero-order chi connectivity index (χ0) is 21.3. The van der Waals surface area contributed by atoms with Gasteiger partial charge in [-0.05, 0) is 53.9 Å². The van der Waals surface area contributed by atoms with Gasteiger partial charge < -0.3 is 9.47 Å². The van der Waals surface area contributed by atoms with Crippen LogP contribution in [0.3, 0.4) is 0 Å². The molecule has 3 rings (SSSR count). The summed E-state index contributed by atoms with van der Waals surface area (Å²) < 4.78 is 24.2. The number of aryl methyl sites for hydroxylation is 1. The second kappa shape index (κ2) is 10.2. The number of amides is 1. The topological polar surface area (TPSA) is 59.9 Å². The maximum atomic E-state index is 12.9. The van der Waals surface area contributed by atoms with Crippen molar-refractivity contribution in [2.75, 3.05) is 7.11 Å². The van der Waals surface area contributed by atoms with Gasteiger partial charge in [0.05, 0.1) is 19.7 Å². The number of ether oxygens (including phenoxy) is 2. The molecular formula is C24H23FN2O3. The fraction of sp³-hybridized carbons (Fsp3) is 0.167. The molecule has 0 bridgehead atoms. The quantitative estimate of drug-likeness (QED) is 0.445. The van der Waals surface area contributed by atoms with Crippen LogP contribution in [0.25, 0.3) is 0 Å². The highest BCUT2D eigenvalue weighted by Gasteiger charge is 2.06. The first-order valence-corrected chi connectivity index (χ1v) is 9.46. The number of methoxy groups -OCH3 is 1. The Bertz CT molecular complexity index is 1020. The van der Waals surface area contributed by atoms with E-state index < -0.39 is 0 Å². The van der Waals surface area contributed by atoms with Gasteiger partial charge in [-0.3, -0.25) is 4.79 Å². The number of hydrogen-bond acceptors (Lipinski definition) is 4. The van der Waals surface area contributed by atoms with Gasteiger partial charge in [0.2, 0.25) is 5.91 Å². The highest BCUT2D eigenvalue weighted by Crippen LogP contribution is 2.28. The van der Waals surface area contributed by atoms with Gasteiger partial charge in [-0.2, -0.15) is 5.10 Å². The summed E-state index contributed by atoms with van der Waals surface area (Å²) in [4.78, 5) is 11.9. The monoisotopic (exact) mass is 406 g/mol. The van der Waals surface area contributed by atoms with Crippen LogP contribution in [0, 0.1) is 12.7 Å². The smallest absolute Gasteiger partial charge is 0.244 e. The fourth-order valence-electron chi connectivity index (χ4n) is 2.74. The molecule has 0 atom stereocenters. The molecule has 3 aromatic rings. The van der Waals surface area contributed by atoms with Crippen molar-refractivity contribution >= 4 is 12.1 Å². The highest BCUT2D eigenvalue weighted by atomic mass is 19.1. The van der Waals surface area contributed by atoms with Crippen molar-refractivity contribution in [2.24, 2.45) is 5.10 Å². The Morgan fingerprint density at radius 3 is 2.40 bits per heavy atom. The van der Waals surface area contributed by atoms with Crippen LogP contribution in [-0.4, -0.2) is 19.2 Å². The molecule has 154 valence electrons. The lowest BCUT2D eigenvalue weighted by Gasteiger charge is -2.11. The molecule has 1 amide bonds. The molecule has 0 aromatic heterocycles. The normalized spacial score (nSPS) is 10.8. The number of hydrogen-bond donors (Lipinski definition) is 1. The summed E-state index contributed by atoms with van der Waals surface area (Å²) in [6.45, 7) is 2.47. The minimum atomic E-state index is -0.336. The summed E-state index contributed by atoms with van der Waals surface area (Å²) in [5.74, 6) is 0.569. The SMILES string of the molecule is COc1cc(/C=N/NC(=O)Cc2ccc(F)cc2)ccc1OCc1ccc(C)cc1. The van der Waals surface area contributed by atoms with Gasteiger partial charge >= 0.3 is 0 Å². The molecule has 0 aliphatic heterocycles. The third kappa shape index (κ3) is 6.17. The van der Waals surface area contributed by atoms with E-state index >= 15 is 0 Å². The number of nitrogens with zero attached hydrogens (tertiary/aromatic N) is 1. The predicted octanol–water partition coefficient (Wildman–Crippen LogP) is 4.41. The number of hydrazone groups is 1. The third-order valence-electron chi connectivity index (χ3n) is 4.38. The van der Waals surface area contributed by atoms with Gasteiger partial charge in [-0.15, -0.1) is 0 Å². The summed E-state index contributed by atoms with van der Waals surface area (Å²) >= 11 is 0. The Balaban J connectivity index is 1.56. The largest absolute Gasteiger partial charge is 0.493 e. The molecule has 0 fully saturated rings. The van der Waals surface area contributed by atoms with Crippen LogP contribution in [0.1, 0.15) is 22.3 Å². The molecule has 6 heteroatoms. The summed E-state index contributed by atoms with van der Waals surface area (Å²) in [5, 5.41) is 3.97. The third-order valence-corrected chi connectivity index (χ3v) is 4.38.